The van der Waals surface area contributed by atoms with E-state index in [2.05, 4.69) is 28.0 Å². The zero-order valence-corrected chi connectivity index (χ0v) is 18.8. The molecule has 1 aromatic carbocycles. The summed E-state index contributed by atoms with van der Waals surface area (Å²) in [4.78, 5) is 44.5. The van der Waals surface area contributed by atoms with E-state index in [0.717, 1.165) is 37.2 Å². The van der Waals surface area contributed by atoms with E-state index in [-0.39, 0.29) is 30.0 Å². The first kappa shape index (κ1) is 23.0. The number of aliphatic imine (C=N–C) groups is 1. The SMILES string of the molecule is C=N/C(=C\C=C(/C)F)CN1CCC(c2ccc3c(c2)CN(C2CCC(=O)NC2=O)C3=O)CC1. The van der Waals surface area contributed by atoms with Crippen molar-refractivity contribution in [2.45, 2.75) is 51.1 Å². The number of nitrogens with one attached hydrogen (secondary N) is 1. The van der Waals surface area contributed by atoms with Crippen LogP contribution in [0.15, 0.2) is 46.9 Å². The number of carbonyl (C=O) groups excluding carboxylic acids is 3. The molecule has 0 aromatic heterocycles. The van der Waals surface area contributed by atoms with Gasteiger partial charge in [0.1, 0.15) is 6.04 Å². The van der Waals surface area contributed by atoms with Crippen LogP contribution in [0.5, 0.6) is 0 Å². The lowest BCUT2D eigenvalue weighted by Crippen LogP contribution is -2.52. The molecule has 1 N–H and O–H groups in total. The largest absolute Gasteiger partial charge is 0.322 e. The summed E-state index contributed by atoms with van der Waals surface area (Å²) >= 11 is 0. The van der Waals surface area contributed by atoms with Gasteiger partial charge in [0.2, 0.25) is 11.8 Å². The quantitative estimate of drug-likeness (QED) is 0.409. The van der Waals surface area contributed by atoms with Crippen molar-refractivity contribution < 1.29 is 18.8 Å². The van der Waals surface area contributed by atoms with Crippen LogP contribution in [-0.2, 0) is 16.1 Å². The van der Waals surface area contributed by atoms with Crippen LogP contribution in [0.25, 0.3) is 0 Å². The molecule has 3 amide bonds. The second kappa shape index (κ2) is 9.79. The molecule has 0 saturated carbocycles. The van der Waals surface area contributed by atoms with Gasteiger partial charge in [0.15, 0.2) is 0 Å². The molecule has 0 radical (unpaired) electrons. The number of piperidine rings is 2. The first-order chi connectivity index (χ1) is 15.9. The van der Waals surface area contributed by atoms with E-state index in [0.29, 0.717) is 31.0 Å². The van der Waals surface area contributed by atoms with E-state index in [9.17, 15) is 18.8 Å². The Hall–Kier alpha value is -3.13. The lowest BCUT2D eigenvalue weighted by Gasteiger charge is -2.32. The number of fused-ring (bicyclic) bond motifs is 1. The molecule has 2 saturated heterocycles. The predicted molar refractivity (Wildman–Crippen MR) is 123 cm³/mol. The van der Waals surface area contributed by atoms with Crippen LogP contribution in [0.4, 0.5) is 4.39 Å². The van der Waals surface area contributed by atoms with Crippen LogP contribution >= 0.6 is 0 Å². The molecular formula is C25H29FN4O3. The first-order valence-electron chi connectivity index (χ1n) is 11.3. The van der Waals surface area contributed by atoms with Gasteiger partial charge in [-0.05, 0) is 81.3 Å². The summed E-state index contributed by atoms with van der Waals surface area (Å²) in [7, 11) is 0. The number of imide groups is 1. The Bertz CT molecular complexity index is 1040. The van der Waals surface area contributed by atoms with Crippen LogP contribution in [0.2, 0.25) is 0 Å². The standard InChI is InChI=1S/C25H29FN4O3/c1-16(26)3-5-20(27-2)15-29-11-9-17(10-12-29)18-4-6-21-19(13-18)14-30(25(21)33)22-7-8-23(31)28-24(22)32/h3-6,13,17,22H,2,7-12,14-15H2,1H3,(H,28,31,32)/b16-3+,20-5-. The van der Waals surface area contributed by atoms with Crippen molar-refractivity contribution in [1.29, 1.82) is 0 Å². The summed E-state index contributed by atoms with van der Waals surface area (Å²) in [6.07, 6.45) is 5.65. The summed E-state index contributed by atoms with van der Waals surface area (Å²) in [5.41, 5.74) is 3.54. The maximum absolute atomic E-state index is 13.0. The van der Waals surface area contributed by atoms with Gasteiger partial charge in [-0.15, -0.1) is 0 Å². The Labute approximate surface area is 193 Å². The lowest BCUT2D eigenvalue weighted by molar-refractivity contribution is -0.136. The highest BCUT2D eigenvalue weighted by Gasteiger charge is 2.39. The minimum absolute atomic E-state index is 0.144. The second-order valence-corrected chi connectivity index (χ2v) is 8.94. The number of halogens is 1. The molecule has 1 aromatic rings. The third-order valence-corrected chi connectivity index (χ3v) is 6.70. The maximum atomic E-state index is 13.0. The number of hydrogen-bond donors (Lipinski definition) is 1. The summed E-state index contributed by atoms with van der Waals surface area (Å²) in [6, 6.07) is 5.41. The third kappa shape index (κ3) is 5.11. The molecule has 8 heteroatoms. The number of amides is 3. The minimum Gasteiger partial charge on any atom is -0.322 e. The molecule has 4 rings (SSSR count). The van der Waals surface area contributed by atoms with Crippen LogP contribution < -0.4 is 5.32 Å². The number of rotatable bonds is 6. The van der Waals surface area contributed by atoms with E-state index in [4.69, 9.17) is 0 Å². The predicted octanol–water partition coefficient (Wildman–Crippen LogP) is 3.08. The molecule has 3 heterocycles. The molecule has 0 spiro atoms. The van der Waals surface area contributed by atoms with Crippen LogP contribution in [-0.4, -0.2) is 59.9 Å². The summed E-state index contributed by atoms with van der Waals surface area (Å²) in [5.74, 6) is -0.687. The van der Waals surface area contributed by atoms with Gasteiger partial charge in [0.25, 0.3) is 5.91 Å². The van der Waals surface area contributed by atoms with Crippen molar-refractivity contribution in [1.82, 2.24) is 15.1 Å². The van der Waals surface area contributed by atoms with Gasteiger partial charge in [0, 0.05) is 25.1 Å². The van der Waals surface area contributed by atoms with Gasteiger partial charge in [-0.1, -0.05) is 12.1 Å². The number of benzene rings is 1. The van der Waals surface area contributed by atoms with Gasteiger partial charge >= 0.3 is 0 Å². The molecular weight excluding hydrogens is 423 g/mol. The fourth-order valence-corrected chi connectivity index (χ4v) is 4.87. The number of allylic oxidation sites excluding steroid dienone is 3. The van der Waals surface area contributed by atoms with Gasteiger partial charge in [-0.25, -0.2) is 4.39 Å². The highest BCUT2D eigenvalue weighted by Crippen LogP contribution is 2.33. The Morgan fingerprint density at radius 2 is 1.97 bits per heavy atom. The molecule has 3 aliphatic rings. The topological polar surface area (TPSA) is 82.1 Å². The van der Waals surface area contributed by atoms with Crippen molar-refractivity contribution in [2.24, 2.45) is 4.99 Å². The molecule has 33 heavy (non-hydrogen) atoms. The van der Waals surface area contributed by atoms with Crippen LogP contribution in [0.3, 0.4) is 0 Å². The summed E-state index contributed by atoms with van der Waals surface area (Å²) < 4.78 is 13.0. The van der Waals surface area contributed by atoms with Crippen molar-refractivity contribution in [3.05, 3.63) is 58.6 Å². The average Bonchev–Trinajstić information content (AvgIpc) is 3.12. The summed E-state index contributed by atoms with van der Waals surface area (Å²) in [6.45, 7) is 7.81. The fraction of sp³-hybridized carbons (Fsp3) is 0.440. The number of carbonyl (C=O) groups is 3. The zero-order valence-electron chi connectivity index (χ0n) is 18.8. The van der Waals surface area contributed by atoms with Crippen molar-refractivity contribution in [3.8, 4) is 0 Å². The molecule has 3 aliphatic heterocycles. The fourth-order valence-electron chi connectivity index (χ4n) is 4.87. The van der Waals surface area contributed by atoms with E-state index in [1.165, 1.54) is 18.6 Å². The Balaban J connectivity index is 1.38. The second-order valence-electron chi connectivity index (χ2n) is 8.94. The third-order valence-electron chi connectivity index (χ3n) is 6.70. The van der Waals surface area contributed by atoms with Crippen molar-refractivity contribution in [3.63, 3.8) is 0 Å². The highest BCUT2D eigenvalue weighted by molar-refractivity contribution is 6.05. The van der Waals surface area contributed by atoms with Gasteiger partial charge < -0.3 is 4.90 Å². The average molecular weight is 453 g/mol. The first-order valence-corrected chi connectivity index (χ1v) is 11.3. The normalized spacial score (nSPS) is 23.0. The monoisotopic (exact) mass is 452 g/mol. The summed E-state index contributed by atoms with van der Waals surface area (Å²) in [5, 5.41) is 2.34. The minimum atomic E-state index is -0.592. The van der Waals surface area contributed by atoms with Gasteiger partial charge in [-0.2, -0.15) is 0 Å². The molecule has 2 fully saturated rings. The van der Waals surface area contributed by atoms with Crippen LogP contribution in [0, 0.1) is 0 Å². The maximum Gasteiger partial charge on any atom is 0.255 e. The van der Waals surface area contributed by atoms with Crippen molar-refractivity contribution >= 4 is 24.4 Å². The molecule has 0 aliphatic carbocycles. The van der Waals surface area contributed by atoms with E-state index in [1.54, 1.807) is 11.0 Å². The van der Waals surface area contributed by atoms with Gasteiger partial charge in [-0.3, -0.25) is 29.6 Å². The lowest BCUT2D eigenvalue weighted by atomic mass is 9.88. The van der Waals surface area contributed by atoms with E-state index in [1.807, 2.05) is 12.1 Å². The smallest absolute Gasteiger partial charge is 0.255 e. The molecule has 174 valence electrons. The molecule has 1 unspecified atom stereocenters. The molecule has 1 atom stereocenters. The van der Waals surface area contributed by atoms with Crippen LogP contribution in [0.1, 0.15) is 60.0 Å². The molecule has 0 bridgehead atoms. The van der Waals surface area contributed by atoms with Gasteiger partial charge in [0.05, 0.1) is 11.5 Å². The number of nitrogens with zero attached hydrogens (tertiary/aromatic N) is 3. The van der Waals surface area contributed by atoms with E-state index < -0.39 is 6.04 Å². The van der Waals surface area contributed by atoms with E-state index >= 15 is 0 Å². The Morgan fingerprint density at radius 3 is 2.64 bits per heavy atom. The highest BCUT2D eigenvalue weighted by atomic mass is 19.1. The molecule has 7 nitrogen and oxygen atoms in total. The zero-order chi connectivity index (χ0) is 23.5. The van der Waals surface area contributed by atoms with Crippen molar-refractivity contribution in [2.75, 3.05) is 19.6 Å². The Morgan fingerprint density at radius 1 is 1.21 bits per heavy atom. The number of likely N-dealkylation sites (tertiary alicyclic amines) is 1. The number of hydrogen-bond acceptors (Lipinski definition) is 5. The Kier molecular flexibility index (Phi) is 6.83.